The largest absolute Gasteiger partial charge is 0.490 e. The summed E-state index contributed by atoms with van der Waals surface area (Å²) in [6.45, 7) is 7.98. The summed E-state index contributed by atoms with van der Waals surface area (Å²) >= 11 is 0. The van der Waals surface area contributed by atoms with Gasteiger partial charge in [0.1, 0.15) is 6.54 Å². The molecule has 8 nitrogen and oxygen atoms in total. The number of benzene rings is 1. The zero-order chi connectivity index (χ0) is 22.4. The molecule has 1 atom stereocenters. The van der Waals surface area contributed by atoms with Crippen LogP contribution in [-0.2, 0) is 4.79 Å². The topological polar surface area (TPSA) is 87.2 Å². The normalized spacial score (nSPS) is 17.7. The summed E-state index contributed by atoms with van der Waals surface area (Å²) in [5.74, 6) is 2.65. The smallest absolute Gasteiger partial charge is 0.242 e. The molecule has 3 N–H and O–H groups in total. The maximum atomic E-state index is 12.3. The molecule has 1 amide bonds. The van der Waals surface area contributed by atoms with E-state index in [1.165, 1.54) is 12.8 Å². The lowest BCUT2D eigenvalue weighted by atomic mass is 10.1. The summed E-state index contributed by atoms with van der Waals surface area (Å²) in [7, 11) is 4.21. The van der Waals surface area contributed by atoms with Gasteiger partial charge in [-0.1, -0.05) is 0 Å². The average molecular weight is 432 g/mol. The lowest BCUT2D eigenvalue weighted by Gasteiger charge is -2.25. The van der Waals surface area contributed by atoms with E-state index in [9.17, 15) is 4.79 Å². The molecule has 172 valence electrons. The summed E-state index contributed by atoms with van der Waals surface area (Å²) in [6, 6.07) is 6.18. The van der Waals surface area contributed by atoms with E-state index in [4.69, 9.17) is 9.47 Å². The Balaban J connectivity index is 1.70. The highest BCUT2D eigenvalue weighted by molar-refractivity contribution is 5.95. The zero-order valence-corrected chi connectivity index (χ0v) is 19.5. The number of amides is 1. The Morgan fingerprint density at radius 1 is 1.19 bits per heavy atom. The molecule has 0 radical (unpaired) electrons. The molecule has 1 heterocycles. The van der Waals surface area contributed by atoms with Crippen molar-refractivity contribution in [1.82, 2.24) is 15.5 Å². The van der Waals surface area contributed by atoms with Gasteiger partial charge in [-0.25, -0.2) is 4.99 Å². The van der Waals surface area contributed by atoms with Gasteiger partial charge in [-0.2, -0.15) is 0 Å². The first-order valence-corrected chi connectivity index (χ1v) is 11.1. The van der Waals surface area contributed by atoms with E-state index in [0.29, 0.717) is 31.1 Å². The molecule has 8 heteroatoms. The standard InChI is InChI=1S/C23H37N5O3/c1-23(2,3)27-21(29)15-25-22(24-14-18(28(4)5)16-7-8-16)26-17-9-10-19-20(13-17)31-12-6-11-30-19/h9-10,13,16,18H,6-8,11-12,14-15H2,1-5H3,(H,27,29)(H2,24,25,26). The Morgan fingerprint density at radius 2 is 1.90 bits per heavy atom. The summed E-state index contributed by atoms with van der Waals surface area (Å²) < 4.78 is 11.5. The minimum absolute atomic E-state index is 0.0488. The van der Waals surface area contributed by atoms with Crippen molar-refractivity contribution in [2.24, 2.45) is 10.9 Å². The van der Waals surface area contributed by atoms with Gasteiger partial charge in [0, 0.05) is 36.3 Å². The number of fused-ring (bicyclic) bond motifs is 1. The molecular weight excluding hydrogens is 394 g/mol. The van der Waals surface area contributed by atoms with E-state index >= 15 is 0 Å². The lowest BCUT2D eigenvalue weighted by molar-refractivity contribution is -0.121. The number of aliphatic imine (C=N–C) groups is 1. The van der Waals surface area contributed by atoms with Crippen LogP contribution in [0.15, 0.2) is 23.2 Å². The van der Waals surface area contributed by atoms with E-state index in [0.717, 1.165) is 30.2 Å². The van der Waals surface area contributed by atoms with Gasteiger partial charge in [-0.3, -0.25) is 4.79 Å². The van der Waals surface area contributed by atoms with Crippen LogP contribution in [0.2, 0.25) is 0 Å². The molecular formula is C23H37N5O3. The first-order valence-electron chi connectivity index (χ1n) is 11.1. The number of likely N-dealkylation sites (N-methyl/N-ethyl adjacent to an activating group) is 1. The Morgan fingerprint density at radius 3 is 2.55 bits per heavy atom. The van der Waals surface area contributed by atoms with Gasteiger partial charge in [-0.15, -0.1) is 0 Å². The monoisotopic (exact) mass is 431 g/mol. The highest BCUT2D eigenvalue weighted by Crippen LogP contribution is 2.34. The van der Waals surface area contributed by atoms with Crippen LogP contribution in [0, 0.1) is 5.92 Å². The van der Waals surface area contributed by atoms with Crippen molar-refractivity contribution in [2.75, 3.05) is 45.7 Å². The second-order valence-electron chi connectivity index (χ2n) is 9.55. The maximum Gasteiger partial charge on any atom is 0.242 e. The van der Waals surface area contributed by atoms with Crippen molar-refractivity contribution in [3.8, 4) is 11.5 Å². The van der Waals surface area contributed by atoms with E-state index in [1.54, 1.807) is 0 Å². The van der Waals surface area contributed by atoms with E-state index in [1.807, 2.05) is 39.0 Å². The third kappa shape index (κ3) is 7.61. The Bertz CT molecular complexity index is 782. The van der Waals surface area contributed by atoms with Crippen LogP contribution >= 0.6 is 0 Å². The van der Waals surface area contributed by atoms with Crippen molar-refractivity contribution in [3.05, 3.63) is 18.2 Å². The highest BCUT2D eigenvalue weighted by atomic mass is 16.5. The molecule has 1 aromatic rings. The van der Waals surface area contributed by atoms with Crippen molar-refractivity contribution in [1.29, 1.82) is 0 Å². The molecule has 1 unspecified atom stereocenters. The molecule has 0 saturated heterocycles. The second-order valence-corrected chi connectivity index (χ2v) is 9.55. The van der Waals surface area contributed by atoms with Crippen LogP contribution in [-0.4, -0.2) is 68.7 Å². The third-order valence-corrected chi connectivity index (χ3v) is 5.21. The minimum Gasteiger partial charge on any atom is -0.490 e. The fourth-order valence-electron chi connectivity index (χ4n) is 3.58. The number of guanidine groups is 1. The summed E-state index contributed by atoms with van der Waals surface area (Å²) in [6.07, 6.45) is 3.39. The van der Waals surface area contributed by atoms with Crippen molar-refractivity contribution in [2.45, 2.75) is 51.6 Å². The van der Waals surface area contributed by atoms with Crippen LogP contribution in [0.25, 0.3) is 0 Å². The molecule has 0 aromatic heterocycles. The van der Waals surface area contributed by atoms with Crippen LogP contribution in [0.4, 0.5) is 5.69 Å². The molecule has 1 aliphatic heterocycles. The van der Waals surface area contributed by atoms with Gasteiger partial charge in [-0.05, 0) is 65.8 Å². The minimum atomic E-state index is -0.288. The summed E-state index contributed by atoms with van der Waals surface area (Å²) in [5.41, 5.74) is 0.545. The number of anilines is 1. The SMILES string of the molecule is CN(C)C(CNC(=NCC(=O)NC(C)(C)C)Nc1ccc2c(c1)OCCCO2)C1CC1. The van der Waals surface area contributed by atoms with Crippen molar-refractivity contribution >= 4 is 17.6 Å². The quantitative estimate of drug-likeness (QED) is 0.454. The van der Waals surface area contributed by atoms with Crippen LogP contribution in [0.1, 0.15) is 40.0 Å². The number of ether oxygens (including phenoxy) is 2. The predicted octanol–water partition coefficient (Wildman–Crippen LogP) is 2.46. The van der Waals surface area contributed by atoms with Gasteiger partial charge in [0.05, 0.1) is 13.2 Å². The number of hydrogen-bond donors (Lipinski definition) is 3. The summed E-state index contributed by atoms with van der Waals surface area (Å²) in [5, 5.41) is 9.70. The average Bonchev–Trinajstić information content (AvgIpc) is 3.51. The molecule has 2 aliphatic rings. The number of nitrogens with one attached hydrogen (secondary N) is 3. The number of rotatable bonds is 7. The van der Waals surface area contributed by atoms with Gasteiger partial charge in [0.2, 0.25) is 5.91 Å². The zero-order valence-electron chi connectivity index (χ0n) is 19.5. The molecule has 3 rings (SSSR count). The van der Waals surface area contributed by atoms with Crippen LogP contribution in [0.3, 0.4) is 0 Å². The highest BCUT2D eigenvalue weighted by Gasteiger charge is 2.32. The Labute approximate surface area is 185 Å². The van der Waals surface area contributed by atoms with Gasteiger partial charge >= 0.3 is 0 Å². The molecule has 1 aromatic carbocycles. The number of hydrogen-bond acceptors (Lipinski definition) is 5. The molecule has 1 saturated carbocycles. The van der Waals surface area contributed by atoms with Crippen molar-refractivity contribution < 1.29 is 14.3 Å². The predicted molar refractivity (Wildman–Crippen MR) is 124 cm³/mol. The fraction of sp³-hybridized carbons (Fsp3) is 0.652. The van der Waals surface area contributed by atoms with E-state index < -0.39 is 0 Å². The first-order chi connectivity index (χ1) is 14.7. The van der Waals surface area contributed by atoms with Gasteiger partial charge < -0.3 is 30.3 Å². The molecule has 31 heavy (non-hydrogen) atoms. The molecule has 0 spiro atoms. The fourth-order valence-corrected chi connectivity index (χ4v) is 3.58. The molecule has 1 aliphatic carbocycles. The molecule has 1 fully saturated rings. The van der Waals surface area contributed by atoms with Crippen LogP contribution in [0.5, 0.6) is 11.5 Å². The molecule has 0 bridgehead atoms. The number of carbonyl (C=O) groups is 1. The Kier molecular flexibility index (Phi) is 7.64. The van der Waals surface area contributed by atoms with E-state index in [-0.39, 0.29) is 18.0 Å². The Hall–Kier alpha value is -2.48. The maximum absolute atomic E-state index is 12.3. The van der Waals surface area contributed by atoms with Gasteiger partial charge in [0.15, 0.2) is 17.5 Å². The number of nitrogens with zero attached hydrogens (tertiary/aromatic N) is 2. The first kappa shape index (κ1) is 23.2. The summed E-state index contributed by atoms with van der Waals surface area (Å²) in [4.78, 5) is 19.1. The van der Waals surface area contributed by atoms with E-state index in [2.05, 4.69) is 39.9 Å². The second kappa shape index (κ2) is 10.2. The van der Waals surface area contributed by atoms with Crippen LogP contribution < -0.4 is 25.4 Å². The third-order valence-electron chi connectivity index (χ3n) is 5.21. The van der Waals surface area contributed by atoms with Gasteiger partial charge in [0.25, 0.3) is 0 Å². The van der Waals surface area contributed by atoms with Crippen molar-refractivity contribution in [3.63, 3.8) is 0 Å². The lowest BCUT2D eigenvalue weighted by Crippen LogP contribution is -2.45. The number of carbonyl (C=O) groups excluding carboxylic acids is 1.